The van der Waals surface area contributed by atoms with Gasteiger partial charge < -0.3 is 15.6 Å². The maximum Gasteiger partial charge on any atom is 0.122 e. The minimum atomic E-state index is -0.591. The van der Waals surface area contributed by atoms with Crippen LogP contribution in [0.3, 0.4) is 0 Å². The van der Waals surface area contributed by atoms with Gasteiger partial charge in [0.2, 0.25) is 0 Å². The highest BCUT2D eigenvalue weighted by Crippen LogP contribution is 2.34. The lowest BCUT2D eigenvalue weighted by molar-refractivity contribution is 0.148. The molecule has 20 heavy (non-hydrogen) atoms. The number of aliphatic hydroxyl groups excluding tert-OH is 1. The minimum Gasteiger partial charge on any atom is -0.496 e. The van der Waals surface area contributed by atoms with Crippen molar-refractivity contribution in [2.24, 2.45) is 5.73 Å². The molecule has 3 N–H and O–H groups in total. The van der Waals surface area contributed by atoms with Crippen LogP contribution in [0.2, 0.25) is 0 Å². The number of hydrogen-bond acceptors (Lipinski definition) is 4. The molecule has 0 radical (unpaired) electrons. The molecule has 108 valence electrons. The third-order valence-electron chi connectivity index (χ3n) is 3.42. The van der Waals surface area contributed by atoms with Gasteiger partial charge in [0.25, 0.3) is 0 Å². The molecule has 0 aliphatic carbocycles. The Balaban J connectivity index is 2.32. The molecule has 1 aromatic heterocycles. The van der Waals surface area contributed by atoms with Crippen LogP contribution < -0.4 is 10.5 Å². The zero-order chi connectivity index (χ0) is 14.7. The lowest BCUT2D eigenvalue weighted by atomic mass is 9.89. The van der Waals surface area contributed by atoms with Gasteiger partial charge in [-0.05, 0) is 63.7 Å². The fraction of sp³-hybridized carbons (Fsp3) is 0.333. The normalized spacial score (nSPS) is 14.1. The van der Waals surface area contributed by atoms with Crippen molar-refractivity contribution in [1.82, 2.24) is 0 Å². The van der Waals surface area contributed by atoms with Crippen molar-refractivity contribution in [2.45, 2.75) is 18.9 Å². The van der Waals surface area contributed by atoms with Crippen molar-refractivity contribution < 1.29 is 9.84 Å². The molecule has 0 spiro atoms. The summed E-state index contributed by atoms with van der Waals surface area (Å²) in [5.74, 6) is 0.697. The Morgan fingerprint density at radius 3 is 2.65 bits per heavy atom. The molecule has 0 bridgehead atoms. The first-order valence-corrected chi connectivity index (χ1v) is 8.29. The lowest BCUT2D eigenvalue weighted by Crippen LogP contribution is -2.20. The Bertz CT molecular complexity index is 585. The molecule has 0 saturated carbocycles. The largest absolute Gasteiger partial charge is 0.496 e. The van der Waals surface area contributed by atoms with Crippen molar-refractivity contribution in [3.05, 3.63) is 49.2 Å². The standard InChI is InChI=1S/C15H18INO2S/c1-9-3-4-10(5-13(9)19-2)12(7-17)15(18)11-6-14(16)20-8-11/h3-6,8,12,15,18H,7,17H2,1-2H3. The van der Waals surface area contributed by atoms with E-state index in [1.54, 1.807) is 18.4 Å². The number of aryl methyl sites for hydroxylation is 1. The van der Waals surface area contributed by atoms with E-state index < -0.39 is 6.10 Å². The summed E-state index contributed by atoms with van der Waals surface area (Å²) in [6.45, 7) is 2.39. The molecule has 0 fully saturated rings. The van der Waals surface area contributed by atoms with Crippen LogP contribution >= 0.6 is 33.9 Å². The molecule has 2 aromatic rings. The predicted octanol–water partition coefficient (Wildman–Crippen LogP) is 3.45. The van der Waals surface area contributed by atoms with Crippen LogP contribution in [0.15, 0.2) is 29.6 Å². The van der Waals surface area contributed by atoms with E-state index in [0.717, 1.165) is 25.3 Å². The van der Waals surface area contributed by atoms with E-state index in [1.807, 2.05) is 36.6 Å². The second-order valence-electron chi connectivity index (χ2n) is 4.70. The molecule has 0 amide bonds. The molecule has 2 rings (SSSR count). The molecule has 0 aliphatic rings. The van der Waals surface area contributed by atoms with Crippen LogP contribution in [0.1, 0.15) is 28.7 Å². The van der Waals surface area contributed by atoms with Crippen LogP contribution in [0.5, 0.6) is 5.75 Å². The lowest BCUT2D eigenvalue weighted by Gasteiger charge is -2.22. The number of aliphatic hydroxyl groups is 1. The van der Waals surface area contributed by atoms with Gasteiger partial charge >= 0.3 is 0 Å². The summed E-state index contributed by atoms with van der Waals surface area (Å²) in [5.41, 5.74) is 8.88. The van der Waals surface area contributed by atoms with Crippen LogP contribution in [0.25, 0.3) is 0 Å². The summed E-state index contributed by atoms with van der Waals surface area (Å²) >= 11 is 3.88. The third kappa shape index (κ3) is 3.33. The van der Waals surface area contributed by atoms with Gasteiger partial charge in [-0.2, -0.15) is 0 Å². The Morgan fingerprint density at radius 2 is 2.10 bits per heavy atom. The molecule has 2 atom stereocenters. The number of ether oxygens (including phenoxy) is 1. The van der Waals surface area contributed by atoms with E-state index in [2.05, 4.69) is 22.6 Å². The highest BCUT2D eigenvalue weighted by molar-refractivity contribution is 14.1. The number of nitrogens with two attached hydrogens (primary N) is 1. The number of thiophene rings is 1. The second-order valence-corrected chi connectivity index (χ2v) is 7.51. The van der Waals surface area contributed by atoms with Crippen molar-refractivity contribution in [1.29, 1.82) is 0 Å². The highest BCUT2D eigenvalue weighted by atomic mass is 127. The molecule has 3 nitrogen and oxygen atoms in total. The van der Waals surface area contributed by atoms with E-state index in [9.17, 15) is 5.11 Å². The van der Waals surface area contributed by atoms with Gasteiger partial charge in [-0.25, -0.2) is 0 Å². The Labute approximate surface area is 136 Å². The highest BCUT2D eigenvalue weighted by Gasteiger charge is 2.23. The summed E-state index contributed by atoms with van der Waals surface area (Å²) in [5, 5.41) is 12.5. The fourth-order valence-corrected chi connectivity index (χ4v) is 3.63. The molecular weight excluding hydrogens is 385 g/mol. The van der Waals surface area contributed by atoms with Crippen LogP contribution in [0.4, 0.5) is 0 Å². The molecule has 0 saturated heterocycles. The summed E-state index contributed by atoms with van der Waals surface area (Å²) < 4.78 is 6.51. The predicted molar refractivity (Wildman–Crippen MR) is 91.5 cm³/mol. The summed E-state index contributed by atoms with van der Waals surface area (Å²) in [4.78, 5) is 0. The van der Waals surface area contributed by atoms with E-state index in [4.69, 9.17) is 10.5 Å². The molecular formula is C15H18INO2S. The van der Waals surface area contributed by atoms with Crippen LogP contribution in [0, 0.1) is 9.81 Å². The SMILES string of the molecule is COc1cc(C(CN)C(O)c2csc(I)c2)ccc1C. The van der Waals surface area contributed by atoms with Gasteiger partial charge in [0.1, 0.15) is 5.75 Å². The quantitative estimate of drug-likeness (QED) is 0.753. The van der Waals surface area contributed by atoms with Crippen molar-refractivity contribution in [2.75, 3.05) is 13.7 Å². The van der Waals surface area contributed by atoms with E-state index in [0.29, 0.717) is 6.54 Å². The number of halogens is 1. The average Bonchev–Trinajstić information content (AvgIpc) is 2.88. The fourth-order valence-electron chi connectivity index (χ4n) is 2.23. The van der Waals surface area contributed by atoms with E-state index >= 15 is 0 Å². The molecule has 1 aromatic carbocycles. The van der Waals surface area contributed by atoms with Gasteiger partial charge in [0, 0.05) is 12.5 Å². The molecule has 1 heterocycles. The Morgan fingerprint density at radius 1 is 1.35 bits per heavy atom. The summed E-state index contributed by atoms with van der Waals surface area (Å²) in [7, 11) is 1.65. The average molecular weight is 403 g/mol. The van der Waals surface area contributed by atoms with Crippen molar-refractivity contribution in [3.63, 3.8) is 0 Å². The molecule has 5 heteroatoms. The molecule has 0 aliphatic heterocycles. The first kappa shape index (κ1) is 15.8. The van der Waals surface area contributed by atoms with Gasteiger partial charge in [0.05, 0.1) is 16.1 Å². The first-order chi connectivity index (χ1) is 9.56. The number of benzene rings is 1. The van der Waals surface area contributed by atoms with Crippen LogP contribution in [-0.2, 0) is 0 Å². The van der Waals surface area contributed by atoms with Gasteiger partial charge in [-0.1, -0.05) is 12.1 Å². The van der Waals surface area contributed by atoms with Crippen molar-refractivity contribution >= 4 is 33.9 Å². The van der Waals surface area contributed by atoms with Crippen LogP contribution in [-0.4, -0.2) is 18.8 Å². The maximum atomic E-state index is 10.6. The number of rotatable bonds is 5. The Hall–Kier alpha value is -0.630. The zero-order valence-electron chi connectivity index (χ0n) is 11.5. The third-order valence-corrected chi connectivity index (χ3v) is 5.23. The van der Waals surface area contributed by atoms with E-state index in [1.165, 1.54) is 0 Å². The summed E-state index contributed by atoms with van der Waals surface area (Å²) in [6, 6.07) is 7.98. The van der Waals surface area contributed by atoms with Gasteiger partial charge in [0.15, 0.2) is 0 Å². The summed E-state index contributed by atoms with van der Waals surface area (Å²) in [6.07, 6.45) is -0.591. The maximum absolute atomic E-state index is 10.6. The number of hydrogen-bond donors (Lipinski definition) is 2. The monoisotopic (exact) mass is 403 g/mol. The first-order valence-electron chi connectivity index (χ1n) is 6.33. The minimum absolute atomic E-state index is 0.130. The smallest absolute Gasteiger partial charge is 0.122 e. The van der Waals surface area contributed by atoms with Gasteiger partial charge in [-0.3, -0.25) is 0 Å². The van der Waals surface area contributed by atoms with E-state index in [-0.39, 0.29) is 5.92 Å². The Kier molecular flexibility index (Phi) is 5.42. The van der Waals surface area contributed by atoms with Crippen molar-refractivity contribution in [3.8, 4) is 5.75 Å². The second kappa shape index (κ2) is 6.89. The topological polar surface area (TPSA) is 55.5 Å². The number of methoxy groups -OCH3 is 1. The molecule has 2 unspecified atom stereocenters. The van der Waals surface area contributed by atoms with Gasteiger partial charge in [-0.15, -0.1) is 11.3 Å². The zero-order valence-corrected chi connectivity index (χ0v) is 14.4.